The Balaban J connectivity index is 1.61. The highest BCUT2D eigenvalue weighted by atomic mass is 32.1. The second kappa shape index (κ2) is 9.80. The summed E-state index contributed by atoms with van der Waals surface area (Å²) >= 11 is 1.77. The number of fused-ring (bicyclic) bond motifs is 1. The molecule has 0 atom stereocenters. The summed E-state index contributed by atoms with van der Waals surface area (Å²) < 4.78 is 0. The number of aryl methyl sites for hydroxylation is 3. The van der Waals surface area contributed by atoms with E-state index >= 15 is 0 Å². The van der Waals surface area contributed by atoms with Crippen molar-refractivity contribution in [1.29, 1.82) is 0 Å². The minimum atomic E-state index is 0.0249. The molecular weight excluding hydrogens is 422 g/mol. The summed E-state index contributed by atoms with van der Waals surface area (Å²) in [6.45, 7) is 12.1. The number of nitrogens with zero attached hydrogens (tertiary/aromatic N) is 3. The molecule has 0 N–H and O–H groups in total. The van der Waals surface area contributed by atoms with Crippen molar-refractivity contribution in [3.63, 3.8) is 0 Å². The van der Waals surface area contributed by atoms with Crippen molar-refractivity contribution < 1.29 is 0 Å². The van der Waals surface area contributed by atoms with Crippen LogP contribution in [-0.4, -0.2) is 29.8 Å². The van der Waals surface area contributed by atoms with Crippen LogP contribution < -0.4 is 0 Å². The van der Waals surface area contributed by atoms with E-state index in [1.807, 2.05) is 6.34 Å². The normalized spacial score (nSPS) is 14.0. The van der Waals surface area contributed by atoms with Crippen LogP contribution in [0.25, 0.3) is 11.3 Å². The van der Waals surface area contributed by atoms with Crippen LogP contribution in [0.5, 0.6) is 0 Å². The van der Waals surface area contributed by atoms with E-state index in [9.17, 15) is 0 Å². The highest BCUT2D eigenvalue weighted by Gasteiger charge is 2.20. The van der Waals surface area contributed by atoms with Crippen molar-refractivity contribution in [1.82, 2.24) is 9.88 Å². The molecule has 0 bridgehead atoms. The van der Waals surface area contributed by atoms with E-state index in [4.69, 9.17) is 9.98 Å². The van der Waals surface area contributed by atoms with Gasteiger partial charge in [0.2, 0.25) is 0 Å². The van der Waals surface area contributed by atoms with Crippen LogP contribution in [0.1, 0.15) is 73.4 Å². The zero-order valence-electron chi connectivity index (χ0n) is 21.0. The van der Waals surface area contributed by atoms with Crippen molar-refractivity contribution >= 4 is 23.4 Å². The smallest absolute Gasteiger partial charge is 0.0976 e. The van der Waals surface area contributed by atoms with Crippen molar-refractivity contribution in [2.75, 3.05) is 13.6 Å². The third kappa shape index (κ3) is 5.55. The highest BCUT2D eigenvalue weighted by molar-refractivity contribution is 7.10. The zero-order valence-corrected chi connectivity index (χ0v) is 21.9. The van der Waals surface area contributed by atoms with Gasteiger partial charge in [0.1, 0.15) is 0 Å². The molecule has 0 radical (unpaired) electrons. The molecule has 0 saturated heterocycles. The van der Waals surface area contributed by atoms with Gasteiger partial charge >= 0.3 is 0 Å². The number of hydrogen-bond donors (Lipinski definition) is 0. The number of aromatic nitrogens is 1. The molecule has 2 aromatic carbocycles. The first-order chi connectivity index (χ1) is 15.7. The standard InChI is InChI=1S/C29H37N3S/c1-7-32(6)19-30-26-14-20(2)24(16-25(26)29(3,4)5)17-28-31-27(18-33-28)23-13-12-21-10-8-9-11-22(21)15-23/h12-16,18-19H,7-11,17H2,1-6H3/b30-19+. The molecule has 3 aromatic rings. The SMILES string of the molecule is CCN(C)/C=N/c1cc(C)c(Cc2nc(-c3ccc4c(c3)CCCC4)cs2)cc1C(C)(C)C. The van der Waals surface area contributed by atoms with Gasteiger partial charge in [0.05, 0.1) is 22.7 Å². The zero-order chi connectivity index (χ0) is 23.6. The minimum Gasteiger partial charge on any atom is -0.366 e. The average Bonchev–Trinajstić information content (AvgIpc) is 3.26. The van der Waals surface area contributed by atoms with E-state index in [0.717, 1.165) is 24.3 Å². The molecule has 33 heavy (non-hydrogen) atoms. The van der Waals surface area contributed by atoms with E-state index in [-0.39, 0.29) is 5.41 Å². The fourth-order valence-corrected chi connectivity index (χ4v) is 5.28. The lowest BCUT2D eigenvalue weighted by molar-refractivity contribution is 0.551. The first-order valence-electron chi connectivity index (χ1n) is 12.2. The lowest BCUT2D eigenvalue weighted by Gasteiger charge is -2.23. The molecule has 0 amide bonds. The molecule has 1 heterocycles. The monoisotopic (exact) mass is 459 g/mol. The first-order valence-corrected chi connectivity index (χ1v) is 13.1. The van der Waals surface area contributed by atoms with E-state index in [2.05, 4.69) is 82.3 Å². The molecule has 0 spiro atoms. The molecule has 174 valence electrons. The van der Waals surface area contributed by atoms with Crippen LogP contribution in [0.2, 0.25) is 0 Å². The molecule has 3 nitrogen and oxygen atoms in total. The maximum absolute atomic E-state index is 5.03. The number of rotatable bonds is 6. The fraction of sp³-hybridized carbons (Fsp3) is 0.448. The third-order valence-electron chi connectivity index (χ3n) is 6.69. The summed E-state index contributed by atoms with van der Waals surface area (Å²) in [4.78, 5) is 12.0. The molecule has 0 aliphatic heterocycles. The Hall–Kier alpha value is -2.46. The Morgan fingerprint density at radius 2 is 1.85 bits per heavy atom. The summed E-state index contributed by atoms with van der Waals surface area (Å²) in [7, 11) is 2.06. The van der Waals surface area contributed by atoms with Gasteiger partial charge in [-0.25, -0.2) is 9.98 Å². The average molecular weight is 460 g/mol. The third-order valence-corrected chi connectivity index (χ3v) is 7.54. The predicted octanol–water partition coefficient (Wildman–Crippen LogP) is 7.50. The van der Waals surface area contributed by atoms with E-state index < -0.39 is 0 Å². The summed E-state index contributed by atoms with van der Waals surface area (Å²) in [5.74, 6) is 0. The van der Waals surface area contributed by atoms with E-state index in [1.54, 1.807) is 11.3 Å². The molecular formula is C29H37N3S. The van der Waals surface area contributed by atoms with Crippen molar-refractivity contribution in [2.24, 2.45) is 4.99 Å². The van der Waals surface area contributed by atoms with Gasteiger partial charge in [-0.2, -0.15) is 0 Å². The van der Waals surface area contributed by atoms with Crippen LogP contribution in [0.15, 0.2) is 40.7 Å². The molecule has 1 aliphatic rings. The first kappa shape index (κ1) is 23.7. The Bertz CT molecular complexity index is 1150. The van der Waals surface area contributed by atoms with Crippen molar-refractivity contribution in [3.8, 4) is 11.3 Å². The van der Waals surface area contributed by atoms with Crippen LogP contribution in [0.3, 0.4) is 0 Å². The quantitative estimate of drug-likeness (QED) is 0.282. The second-order valence-corrected chi connectivity index (χ2v) is 11.3. The Labute approximate surface area is 203 Å². The minimum absolute atomic E-state index is 0.0249. The lowest BCUT2D eigenvalue weighted by Crippen LogP contribution is -2.16. The molecule has 4 rings (SSSR count). The summed E-state index contributed by atoms with van der Waals surface area (Å²) in [5.41, 5.74) is 10.4. The van der Waals surface area contributed by atoms with E-state index in [0.29, 0.717) is 0 Å². The molecule has 0 unspecified atom stereocenters. The number of aliphatic imine (C=N–C) groups is 1. The summed E-state index contributed by atoms with van der Waals surface area (Å²) in [6, 6.07) is 11.5. The topological polar surface area (TPSA) is 28.5 Å². The number of benzene rings is 2. The molecule has 4 heteroatoms. The van der Waals surface area contributed by atoms with Gasteiger partial charge in [-0.3, -0.25) is 0 Å². The maximum atomic E-state index is 5.03. The van der Waals surface area contributed by atoms with Gasteiger partial charge < -0.3 is 4.90 Å². The van der Waals surface area contributed by atoms with Crippen molar-refractivity contribution in [2.45, 2.75) is 72.1 Å². The van der Waals surface area contributed by atoms with Gasteiger partial charge in [0, 0.05) is 31.0 Å². The molecule has 0 saturated carbocycles. The molecule has 1 aliphatic carbocycles. The van der Waals surface area contributed by atoms with Gasteiger partial charge in [-0.1, -0.05) is 39.0 Å². The number of hydrogen-bond acceptors (Lipinski definition) is 3. The fourth-order valence-electron chi connectivity index (χ4n) is 4.46. The maximum Gasteiger partial charge on any atom is 0.0976 e. The van der Waals surface area contributed by atoms with Crippen LogP contribution in [0.4, 0.5) is 5.69 Å². The molecule has 1 aromatic heterocycles. The van der Waals surface area contributed by atoms with Crippen LogP contribution in [-0.2, 0) is 24.7 Å². The van der Waals surface area contributed by atoms with Crippen LogP contribution in [0, 0.1) is 6.92 Å². The van der Waals surface area contributed by atoms with Gasteiger partial charge in [-0.05, 0) is 84.9 Å². The lowest BCUT2D eigenvalue weighted by atomic mass is 9.83. The summed E-state index contributed by atoms with van der Waals surface area (Å²) in [6.07, 6.45) is 7.87. The van der Waals surface area contributed by atoms with Gasteiger partial charge in [0.15, 0.2) is 0 Å². The Morgan fingerprint density at radius 1 is 1.09 bits per heavy atom. The van der Waals surface area contributed by atoms with Gasteiger partial charge in [0.25, 0.3) is 0 Å². The second-order valence-electron chi connectivity index (χ2n) is 10.4. The number of thiazole rings is 1. The Morgan fingerprint density at radius 3 is 2.58 bits per heavy atom. The van der Waals surface area contributed by atoms with E-state index in [1.165, 1.54) is 64.1 Å². The van der Waals surface area contributed by atoms with Crippen molar-refractivity contribution in [3.05, 3.63) is 68.5 Å². The predicted molar refractivity (Wildman–Crippen MR) is 143 cm³/mol. The summed E-state index contributed by atoms with van der Waals surface area (Å²) in [5, 5.41) is 3.40. The highest BCUT2D eigenvalue weighted by Crippen LogP contribution is 2.35. The van der Waals surface area contributed by atoms with Gasteiger partial charge in [-0.15, -0.1) is 11.3 Å². The largest absolute Gasteiger partial charge is 0.366 e. The molecule has 0 fully saturated rings. The Kier molecular flexibility index (Phi) is 7.04. The van der Waals surface area contributed by atoms with Crippen LogP contribution >= 0.6 is 11.3 Å².